The van der Waals surface area contributed by atoms with Gasteiger partial charge >= 0.3 is 0 Å². The van der Waals surface area contributed by atoms with E-state index in [0.717, 1.165) is 16.8 Å². The molecule has 128 valence electrons. The number of aliphatic hydroxyl groups is 1. The van der Waals surface area contributed by atoms with Crippen LogP contribution in [0.4, 0.5) is 17.5 Å². The van der Waals surface area contributed by atoms with Crippen molar-refractivity contribution in [3.05, 3.63) is 77.5 Å². The summed E-state index contributed by atoms with van der Waals surface area (Å²) in [5.41, 5.74) is 4.13. The minimum atomic E-state index is -0.594. The Balaban J connectivity index is 1.63. The summed E-state index contributed by atoms with van der Waals surface area (Å²) in [6.45, 7) is 4.43. The molecule has 0 spiro atoms. The van der Waals surface area contributed by atoms with Gasteiger partial charge in [0.2, 0.25) is 5.95 Å². The van der Waals surface area contributed by atoms with Gasteiger partial charge in [-0.05, 0) is 43.2 Å². The largest absolute Gasteiger partial charge is 0.387 e. The van der Waals surface area contributed by atoms with Crippen LogP contribution in [0, 0.1) is 13.8 Å². The van der Waals surface area contributed by atoms with E-state index in [1.807, 2.05) is 62.4 Å². The minimum Gasteiger partial charge on any atom is -0.387 e. The van der Waals surface area contributed by atoms with Crippen molar-refractivity contribution in [3.8, 4) is 0 Å². The highest BCUT2D eigenvalue weighted by molar-refractivity contribution is 5.55. The number of nitrogens with one attached hydrogen (secondary N) is 2. The summed E-state index contributed by atoms with van der Waals surface area (Å²) < 4.78 is 0. The maximum atomic E-state index is 10.3. The average Bonchev–Trinajstić information content (AvgIpc) is 2.60. The fourth-order valence-electron chi connectivity index (χ4n) is 2.57. The van der Waals surface area contributed by atoms with Crippen molar-refractivity contribution in [1.82, 2.24) is 9.97 Å². The van der Waals surface area contributed by atoms with Gasteiger partial charge in [0.15, 0.2) is 0 Å². The quantitative estimate of drug-likeness (QED) is 0.636. The lowest BCUT2D eigenvalue weighted by Crippen LogP contribution is -2.13. The molecule has 0 radical (unpaired) electrons. The third kappa shape index (κ3) is 4.78. The van der Waals surface area contributed by atoms with E-state index in [0.29, 0.717) is 18.3 Å². The molecule has 1 unspecified atom stereocenters. The van der Waals surface area contributed by atoms with E-state index in [-0.39, 0.29) is 0 Å². The first-order chi connectivity index (χ1) is 12.1. The van der Waals surface area contributed by atoms with E-state index in [4.69, 9.17) is 0 Å². The molecule has 1 aromatic heterocycles. The van der Waals surface area contributed by atoms with Crippen LogP contribution in [0.1, 0.15) is 22.8 Å². The summed E-state index contributed by atoms with van der Waals surface area (Å²) in [5.74, 6) is 1.18. The molecule has 5 heteroatoms. The van der Waals surface area contributed by atoms with Gasteiger partial charge in [-0.25, -0.2) is 4.98 Å². The second kappa shape index (κ2) is 7.77. The Morgan fingerprint density at radius 3 is 2.52 bits per heavy atom. The van der Waals surface area contributed by atoms with Crippen LogP contribution in [0.5, 0.6) is 0 Å². The van der Waals surface area contributed by atoms with E-state index in [1.165, 1.54) is 5.56 Å². The zero-order valence-electron chi connectivity index (χ0n) is 14.4. The lowest BCUT2D eigenvalue weighted by Gasteiger charge is -2.14. The monoisotopic (exact) mass is 334 g/mol. The van der Waals surface area contributed by atoms with Crippen molar-refractivity contribution in [1.29, 1.82) is 0 Å². The summed E-state index contributed by atoms with van der Waals surface area (Å²) in [4.78, 5) is 8.67. The Labute approximate surface area is 147 Å². The third-order valence-electron chi connectivity index (χ3n) is 3.83. The molecule has 3 rings (SSSR count). The van der Waals surface area contributed by atoms with E-state index in [2.05, 4.69) is 20.6 Å². The lowest BCUT2D eigenvalue weighted by atomic mass is 10.1. The highest BCUT2D eigenvalue weighted by Crippen LogP contribution is 2.17. The van der Waals surface area contributed by atoms with Gasteiger partial charge in [-0.2, -0.15) is 4.98 Å². The Bertz CT molecular complexity index is 850. The van der Waals surface area contributed by atoms with Crippen LogP contribution in [0.2, 0.25) is 0 Å². The number of aryl methyl sites for hydroxylation is 2. The number of nitrogens with zero attached hydrogens (tertiary/aromatic N) is 2. The van der Waals surface area contributed by atoms with Gasteiger partial charge in [-0.1, -0.05) is 42.0 Å². The normalized spacial score (nSPS) is 11.8. The van der Waals surface area contributed by atoms with Crippen molar-refractivity contribution >= 4 is 17.5 Å². The van der Waals surface area contributed by atoms with Crippen LogP contribution >= 0.6 is 0 Å². The minimum absolute atomic E-state index is 0.379. The lowest BCUT2D eigenvalue weighted by molar-refractivity contribution is 0.191. The molecule has 1 atom stereocenters. The molecule has 0 saturated carbocycles. The van der Waals surface area contributed by atoms with Crippen LogP contribution in [-0.4, -0.2) is 21.6 Å². The Kier molecular flexibility index (Phi) is 5.26. The molecule has 3 aromatic rings. The van der Waals surface area contributed by atoms with Gasteiger partial charge < -0.3 is 15.7 Å². The zero-order chi connectivity index (χ0) is 17.6. The van der Waals surface area contributed by atoms with E-state index in [1.54, 1.807) is 12.3 Å². The maximum absolute atomic E-state index is 10.3. The summed E-state index contributed by atoms with van der Waals surface area (Å²) in [6.07, 6.45) is 1.09. The predicted molar refractivity (Wildman–Crippen MR) is 101 cm³/mol. The molecule has 1 heterocycles. The summed E-state index contributed by atoms with van der Waals surface area (Å²) in [7, 11) is 0. The molecule has 0 bridgehead atoms. The van der Waals surface area contributed by atoms with Crippen LogP contribution in [0.25, 0.3) is 0 Å². The van der Waals surface area contributed by atoms with Gasteiger partial charge in [0.1, 0.15) is 5.82 Å². The highest BCUT2D eigenvalue weighted by Gasteiger charge is 2.08. The van der Waals surface area contributed by atoms with Crippen molar-refractivity contribution in [2.24, 2.45) is 0 Å². The Morgan fingerprint density at radius 2 is 1.76 bits per heavy atom. The van der Waals surface area contributed by atoms with Gasteiger partial charge in [0.25, 0.3) is 0 Å². The summed E-state index contributed by atoms with van der Waals surface area (Å²) in [5, 5.41) is 16.7. The average molecular weight is 334 g/mol. The van der Waals surface area contributed by atoms with Crippen LogP contribution in [0.15, 0.2) is 60.8 Å². The Morgan fingerprint density at radius 1 is 1.00 bits per heavy atom. The maximum Gasteiger partial charge on any atom is 0.229 e. The molecule has 0 aliphatic heterocycles. The topological polar surface area (TPSA) is 70.1 Å². The first-order valence-electron chi connectivity index (χ1n) is 8.25. The van der Waals surface area contributed by atoms with E-state index in [9.17, 15) is 5.11 Å². The fraction of sp³-hybridized carbons (Fsp3) is 0.200. The number of hydrogen-bond acceptors (Lipinski definition) is 5. The summed E-state index contributed by atoms with van der Waals surface area (Å²) >= 11 is 0. The molecular formula is C20H22N4O. The van der Waals surface area contributed by atoms with Gasteiger partial charge in [0.05, 0.1) is 6.10 Å². The van der Waals surface area contributed by atoms with Crippen molar-refractivity contribution in [2.45, 2.75) is 20.0 Å². The molecule has 0 aliphatic rings. The smallest absolute Gasteiger partial charge is 0.229 e. The molecule has 5 nitrogen and oxygen atoms in total. The number of rotatable bonds is 6. The van der Waals surface area contributed by atoms with Gasteiger partial charge in [-0.15, -0.1) is 0 Å². The molecular weight excluding hydrogens is 312 g/mol. The van der Waals surface area contributed by atoms with Crippen molar-refractivity contribution in [2.75, 3.05) is 17.2 Å². The van der Waals surface area contributed by atoms with Gasteiger partial charge in [0, 0.05) is 18.4 Å². The van der Waals surface area contributed by atoms with Crippen LogP contribution in [0.3, 0.4) is 0 Å². The van der Waals surface area contributed by atoms with Crippen molar-refractivity contribution in [3.63, 3.8) is 0 Å². The third-order valence-corrected chi connectivity index (χ3v) is 3.83. The highest BCUT2D eigenvalue weighted by atomic mass is 16.3. The van der Waals surface area contributed by atoms with E-state index < -0.39 is 6.10 Å². The van der Waals surface area contributed by atoms with Gasteiger partial charge in [-0.3, -0.25) is 0 Å². The number of benzene rings is 2. The second-order valence-electron chi connectivity index (χ2n) is 6.07. The predicted octanol–water partition coefficient (Wildman–Crippen LogP) is 3.98. The second-order valence-corrected chi connectivity index (χ2v) is 6.07. The standard InChI is InChI=1S/C20H22N4O/c1-14-5-3-7-16(11-14)18(25)13-22-19-9-10-21-20(24-19)23-17-8-4-6-15(2)12-17/h3-12,18,25H,13H2,1-2H3,(H2,21,22,23,24). The molecule has 2 aromatic carbocycles. The SMILES string of the molecule is Cc1cccc(Nc2nccc(NCC(O)c3cccc(C)c3)n2)c1. The molecule has 0 saturated heterocycles. The first kappa shape index (κ1) is 16.9. The first-order valence-corrected chi connectivity index (χ1v) is 8.25. The van der Waals surface area contributed by atoms with E-state index >= 15 is 0 Å². The summed E-state index contributed by atoms with van der Waals surface area (Å²) in [6, 6.07) is 17.7. The van der Waals surface area contributed by atoms with Crippen molar-refractivity contribution < 1.29 is 5.11 Å². The zero-order valence-corrected chi connectivity index (χ0v) is 14.4. The molecule has 0 fully saturated rings. The number of aliphatic hydroxyl groups excluding tert-OH is 1. The van der Waals surface area contributed by atoms with Crippen LogP contribution < -0.4 is 10.6 Å². The Hall–Kier alpha value is -2.92. The fourth-order valence-corrected chi connectivity index (χ4v) is 2.57. The number of anilines is 3. The molecule has 0 aliphatic carbocycles. The van der Waals surface area contributed by atoms with Crippen LogP contribution in [-0.2, 0) is 0 Å². The molecule has 25 heavy (non-hydrogen) atoms. The number of hydrogen-bond donors (Lipinski definition) is 3. The molecule has 3 N–H and O–H groups in total. The number of aromatic nitrogens is 2. The molecule has 0 amide bonds.